The molecule has 0 aliphatic heterocycles. The van der Waals surface area contributed by atoms with E-state index < -0.39 is 7.92 Å². The van der Waals surface area contributed by atoms with Crippen molar-refractivity contribution < 1.29 is 4.74 Å². The maximum absolute atomic E-state index is 5.95. The number of hydrogen-bond donors (Lipinski definition) is 0. The zero-order valence-electron chi connectivity index (χ0n) is 15.0. The van der Waals surface area contributed by atoms with E-state index in [0.29, 0.717) is 6.61 Å². The van der Waals surface area contributed by atoms with Crippen molar-refractivity contribution in [3.8, 4) is 5.75 Å². The molecule has 4 aromatic carbocycles. The molecular weight excluding hydrogens is 347 g/mol. The minimum atomic E-state index is -0.567. The van der Waals surface area contributed by atoms with Gasteiger partial charge in [-0.1, -0.05) is 103 Å². The van der Waals surface area contributed by atoms with Crippen LogP contribution in [-0.2, 0) is 6.61 Å². The average molecular weight is 368 g/mol. The van der Waals surface area contributed by atoms with Gasteiger partial charge in [0.05, 0.1) is 0 Å². The summed E-state index contributed by atoms with van der Waals surface area (Å²) in [6, 6.07) is 40.3. The molecule has 0 spiro atoms. The van der Waals surface area contributed by atoms with E-state index in [1.165, 1.54) is 21.5 Å². The summed E-state index contributed by atoms with van der Waals surface area (Å²) in [6.45, 7) is 0.590. The lowest BCUT2D eigenvalue weighted by Crippen LogP contribution is -2.20. The van der Waals surface area contributed by atoms with Gasteiger partial charge in [0.25, 0.3) is 0 Å². The van der Waals surface area contributed by atoms with Gasteiger partial charge in [-0.3, -0.25) is 0 Å². The van der Waals surface area contributed by atoms with Crippen LogP contribution in [0.25, 0.3) is 0 Å². The molecule has 132 valence electrons. The smallest absolute Gasteiger partial charge is 0.119 e. The average Bonchev–Trinajstić information content (AvgIpc) is 2.76. The predicted octanol–water partition coefficient (Wildman–Crippen LogP) is 5.02. The minimum Gasteiger partial charge on any atom is -0.489 e. The molecule has 0 aromatic heterocycles. The highest BCUT2D eigenvalue weighted by atomic mass is 31.1. The monoisotopic (exact) mass is 368 g/mol. The zero-order chi connectivity index (χ0) is 18.3. The summed E-state index contributed by atoms with van der Waals surface area (Å²) in [5.41, 5.74) is 1.18. The van der Waals surface area contributed by atoms with Crippen LogP contribution in [0.4, 0.5) is 0 Å². The second-order valence-electron chi connectivity index (χ2n) is 6.27. The third-order valence-electron chi connectivity index (χ3n) is 4.37. The van der Waals surface area contributed by atoms with Gasteiger partial charge in [0, 0.05) is 0 Å². The van der Waals surface area contributed by atoms with Gasteiger partial charge in [0.2, 0.25) is 0 Å². The van der Waals surface area contributed by atoms with Crippen molar-refractivity contribution in [2.24, 2.45) is 0 Å². The molecule has 1 nitrogen and oxygen atoms in total. The highest BCUT2D eigenvalue weighted by Crippen LogP contribution is 2.33. The number of benzene rings is 4. The van der Waals surface area contributed by atoms with E-state index in [4.69, 9.17) is 4.74 Å². The molecule has 0 amide bonds. The van der Waals surface area contributed by atoms with Crippen molar-refractivity contribution in [2.75, 3.05) is 0 Å². The Morgan fingerprint density at radius 1 is 0.481 bits per heavy atom. The number of ether oxygens (including phenoxy) is 1. The zero-order valence-corrected chi connectivity index (χ0v) is 15.9. The van der Waals surface area contributed by atoms with Gasteiger partial charge in [0.1, 0.15) is 12.4 Å². The molecule has 0 saturated heterocycles. The van der Waals surface area contributed by atoms with E-state index in [2.05, 4.69) is 97.1 Å². The summed E-state index contributed by atoms with van der Waals surface area (Å²) in [5.74, 6) is 0.902. The summed E-state index contributed by atoms with van der Waals surface area (Å²) >= 11 is 0. The fraction of sp³-hybridized carbons (Fsp3) is 0.0400. The SMILES string of the molecule is c1ccc(COc2ccc(P(c3ccccc3)c3ccccc3)cc2)cc1. The Labute approximate surface area is 162 Å². The second-order valence-corrected chi connectivity index (χ2v) is 8.49. The van der Waals surface area contributed by atoms with E-state index in [-0.39, 0.29) is 0 Å². The van der Waals surface area contributed by atoms with E-state index in [0.717, 1.165) is 5.75 Å². The summed E-state index contributed by atoms with van der Waals surface area (Å²) in [4.78, 5) is 0. The topological polar surface area (TPSA) is 9.23 Å². The van der Waals surface area contributed by atoms with Crippen LogP contribution in [0.2, 0.25) is 0 Å². The Balaban J connectivity index is 1.58. The summed E-state index contributed by atoms with van der Waals surface area (Å²) in [6.07, 6.45) is 0. The van der Waals surface area contributed by atoms with Gasteiger partial charge in [-0.05, 0) is 41.5 Å². The van der Waals surface area contributed by atoms with Crippen LogP contribution < -0.4 is 20.7 Å². The summed E-state index contributed by atoms with van der Waals surface area (Å²) in [5, 5.41) is 4.04. The van der Waals surface area contributed by atoms with Crippen LogP contribution in [0.15, 0.2) is 115 Å². The summed E-state index contributed by atoms with van der Waals surface area (Å²) < 4.78 is 5.95. The van der Waals surface area contributed by atoms with Crippen LogP contribution in [-0.4, -0.2) is 0 Å². The molecule has 0 saturated carbocycles. The first-order chi connectivity index (χ1) is 13.4. The maximum Gasteiger partial charge on any atom is 0.119 e. The number of hydrogen-bond acceptors (Lipinski definition) is 1. The Morgan fingerprint density at radius 2 is 0.926 bits per heavy atom. The molecular formula is C25H21OP. The van der Waals surface area contributed by atoms with Crippen LogP contribution >= 0.6 is 7.92 Å². The fourth-order valence-electron chi connectivity index (χ4n) is 3.03. The third-order valence-corrected chi connectivity index (χ3v) is 6.82. The van der Waals surface area contributed by atoms with Gasteiger partial charge in [-0.2, -0.15) is 0 Å². The Kier molecular flexibility index (Phi) is 5.62. The molecule has 0 fully saturated rings. The molecule has 0 heterocycles. The van der Waals surface area contributed by atoms with Crippen molar-refractivity contribution >= 4 is 23.8 Å². The first-order valence-corrected chi connectivity index (χ1v) is 10.4. The van der Waals surface area contributed by atoms with Gasteiger partial charge >= 0.3 is 0 Å². The lowest BCUT2D eigenvalue weighted by Gasteiger charge is -2.19. The normalized spacial score (nSPS) is 10.7. The second kappa shape index (κ2) is 8.66. The van der Waals surface area contributed by atoms with E-state index in [9.17, 15) is 0 Å². The first-order valence-electron chi connectivity index (χ1n) is 9.07. The van der Waals surface area contributed by atoms with Crippen molar-refractivity contribution in [2.45, 2.75) is 6.61 Å². The Hall–Kier alpha value is -2.89. The maximum atomic E-state index is 5.95. The van der Waals surface area contributed by atoms with Crippen molar-refractivity contribution in [1.29, 1.82) is 0 Å². The van der Waals surface area contributed by atoms with Gasteiger partial charge in [-0.15, -0.1) is 0 Å². The Bertz CT molecular complexity index is 912. The standard InChI is InChI=1S/C25H21OP/c1-4-10-21(11-5-1)20-26-22-16-18-25(19-17-22)27(23-12-6-2-7-13-23)24-14-8-3-9-15-24/h1-19H,20H2. The molecule has 0 aliphatic carbocycles. The van der Waals surface area contributed by atoms with Crippen LogP contribution in [0.5, 0.6) is 5.75 Å². The highest BCUT2D eigenvalue weighted by molar-refractivity contribution is 7.79. The van der Waals surface area contributed by atoms with Crippen LogP contribution in [0, 0.1) is 0 Å². The fourth-order valence-corrected chi connectivity index (χ4v) is 5.32. The minimum absolute atomic E-state index is 0.567. The van der Waals surface area contributed by atoms with Crippen LogP contribution in [0.3, 0.4) is 0 Å². The third kappa shape index (κ3) is 4.45. The number of rotatable bonds is 6. The predicted molar refractivity (Wildman–Crippen MR) is 116 cm³/mol. The van der Waals surface area contributed by atoms with Gasteiger partial charge in [0.15, 0.2) is 0 Å². The first kappa shape index (κ1) is 17.5. The molecule has 2 heteroatoms. The molecule has 0 unspecified atom stereocenters. The molecule has 0 radical (unpaired) electrons. The lowest BCUT2D eigenvalue weighted by molar-refractivity contribution is 0.306. The van der Waals surface area contributed by atoms with E-state index in [1.54, 1.807) is 0 Å². The molecule has 27 heavy (non-hydrogen) atoms. The van der Waals surface area contributed by atoms with Gasteiger partial charge in [-0.25, -0.2) is 0 Å². The highest BCUT2D eigenvalue weighted by Gasteiger charge is 2.15. The molecule has 0 N–H and O–H groups in total. The lowest BCUT2D eigenvalue weighted by atomic mass is 10.2. The Morgan fingerprint density at radius 3 is 1.44 bits per heavy atom. The molecule has 4 aromatic rings. The van der Waals surface area contributed by atoms with E-state index >= 15 is 0 Å². The quantitative estimate of drug-likeness (QED) is 0.434. The summed E-state index contributed by atoms with van der Waals surface area (Å²) in [7, 11) is -0.567. The van der Waals surface area contributed by atoms with Crippen LogP contribution in [0.1, 0.15) is 5.56 Å². The van der Waals surface area contributed by atoms with Crippen molar-refractivity contribution in [3.63, 3.8) is 0 Å². The molecule has 0 bridgehead atoms. The molecule has 4 rings (SSSR count). The molecule has 0 aliphatic rings. The van der Waals surface area contributed by atoms with Crippen molar-refractivity contribution in [3.05, 3.63) is 121 Å². The van der Waals surface area contributed by atoms with Gasteiger partial charge < -0.3 is 4.74 Å². The molecule has 0 atom stereocenters. The van der Waals surface area contributed by atoms with Crippen molar-refractivity contribution in [1.82, 2.24) is 0 Å². The van der Waals surface area contributed by atoms with E-state index in [1.807, 2.05) is 18.2 Å². The largest absolute Gasteiger partial charge is 0.489 e.